The minimum Gasteiger partial charge on any atom is -0.342 e. The number of carbonyl (C=O) groups is 1. The second-order valence-corrected chi connectivity index (χ2v) is 7.04. The number of sulfone groups is 1. The first-order valence-electron chi connectivity index (χ1n) is 6.14. The predicted molar refractivity (Wildman–Crippen MR) is 67.3 cm³/mol. The van der Waals surface area contributed by atoms with Gasteiger partial charge in [0.1, 0.15) is 5.25 Å². The van der Waals surface area contributed by atoms with Crippen LogP contribution in [0.1, 0.15) is 33.1 Å². The highest BCUT2D eigenvalue weighted by Crippen LogP contribution is 2.14. The third-order valence-electron chi connectivity index (χ3n) is 3.27. The zero-order valence-corrected chi connectivity index (χ0v) is 11.4. The lowest BCUT2D eigenvalue weighted by atomic mass is 10.3. The number of rotatable bonds is 5. The Morgan fingerprint density at radius 2 is 1.88 bits per heavy atom. The number of hydrogen-bond donors (Lipinski definition) is 1. The molecule has 2 unspecified atom stereocenters. The van der Waals surface area contributed by atoms with Gasteiger partial charge in [0.15, 0.2) is 9.84 Å². The molecule has 1 saturated heterocycles. The topological polar surface area (TPSA) is 80.5 Å². The van der Waals surface area contributed by atoms with Crippen molar-refractivity contribution in [2.75, 3.05) is 18.8 Å². The molecule has 0 bridgehead atoms. The molecule has 17 heavy (non-hydrogen) atoms. The smallest absolute Gasteiger partial charge is 0.240 e. The van der Waals surface area contributed by atoms with E-state index in [1.54, 1.807) is 4.90 Å². The first kappa shape index (κ1) is 14.4. The molecule has 0 aromatic carbocycles. The quantitative estimate of drug-likeness (QED) is 0.764. The van der Waals surface area contributed by atoms with Crippen molar-refractivity contribution in [3.05, 3.63) is 0 Å². The number of nitrogens with two attached hydrogens (primary N) is 1. The summed E-state index contributed by atoms with van der Waals surface area (Å²) in [6.07, 6.45) is 2.53. The lowest BCUT2D eigenvalue weighted by molar-refractivity contribution is -0.129. The van der Waals surface area contributed by atoms with Crippen LogP contribution in [0.25, 0.3) is 0 Å². The lowest BCUT2D eigenvalue weighted by Gasteiger charge is -2.21. The van der Waals surface area contributed by atoms with Crippen LogP contribution in [-0.4, -0.2) is 49.4 Å². The summed E-state index contributed by atoms with van der Waals surface area (Å²) < 4.78 is 23.9. The molecule has 1 amide bonds. The van der Waals surface area contributed by atoms with E-state index in [1.165, 1.54) is 6.92 Å². The number of amides is 1. The Labute approximate surface area is 103 Å². The highest BCUT2D eigenvalue weighted by molar-refractivity contribution is 7.92. The third-order valence-corrected chi connectivity index (χ3v) is 5.45. The predicted octanol–water partition coefficient (Wildman–Crippen LogP) is 0.149. The van der Waals surface area contributed by atoms with Crippen LogP contribution in [0.2, 0.25) is 0 Å². The molecule has 0 radical (unpaired) electrons. The average molecular weight is 262 g/mol. The molecule has 2 atom stereocenters. The van der Waals surface area contributed by atoms with Gasteiger partial charge < -0.3 is 10.6 Å². The molecule has 0 aliphatic carbocycles. The monoisotopic (exact) mass is 262 g/mol. The minimum absolute atomic E-state index is 0.107. The van der Waals surface area contributed by atoms with E-state index in [-0.39, 0.29) is 17.7 Å². The van der Waals surface area contributed by atoms with Crippen molar-refractivity contribution in [3.8, 4) is 0 Å². The summed E-state index contributed by atoms with van der Waals surface area (Å²) in [5.74, 6) is -0.379. The molecule has 0 spiro atoms. The van der Waals surface area contributed by atoms with Crippen LogP contribution in [0.4, 0.5) is 0 Å². The Balaban J connectivity index is 2.67. The van der Waals surface area contributed by atoms with E-state index >= 15 is 0 Å². The maximum atomic E-state index is 12.0. The number of hydrogen-bond acceptors (Lipinski definition) is 4. The molecule has 2 N–H and O–H groups in total. The highest BCUT2D eigenvalue weighted by atomic mass is 32.2. The van der Waals surface area contributed by atoms with Gasteiger partial charge in [0, 0.05) is 19.1 Å². The van der Waals surface area contributed by atoms with Crippen LogP contribution in [-0.2, 0) is 14.6 Å². The summed E-state index contributed by atoms with van der Waals surface area (Å²) in [6.45, 7) is 4.67. The number of nitrogens with zero attached hydrogens (tertiary/aromatic N) is 1. The SMILES string of the molecule is CCC(N)CS(=O)(=O)C(C)C(=O)N1CCCC1. The third kappa shape index (κ3) is 3.67. The Morgan fingerprint density at radius 3 is 2.35 bits per heavy atom. The second-order valence-electron chi connectivity index (χ2n) is 4.67. The van der Waals surface area contributed by atoms with E-state index in [2.05, 4.69) is 0 Å². The van der Waals surface area contributed by atoms with Crippen LogP contribution in [0.3, 0.4) is 0 Å². The average Bonchev–Trinajstić information content (AvgIpc) is 2.79. The van der Waals surface area contributed by atoms with E-state index in [9.17, 15) is 13.2 Å². The summed E-state index contributed by atoms with van der Waals surface area (Å²) in [7, 11) is -3.42. The van der Waals surface area contributed by atoms with Crippen LogP contribution in [0.5, 0.6) is 0 Å². The summed E-state index contributed by atoms with van der Waals surface area (Å²) in [5.41, 5.74) is 5.65. The Hall–Kier alpha value is -0.620. The van der Waals surface area contributed by atoms with Crippen molar-refractivity contribution < 1.29 is 13.2 Å². The molecule has 1 rings (SSSR count). The van der Waals surface area contributed by atoms with Gasteiger partial charge in [-0.25, -0.2) is 8.42 Å². The van der Waals surface area contributed by atoms with Gasteiger partial charge in [-0.15, -0.1) is 0 Å². The van der Waals surface area contributed by atoms with E-state index in [0.29, 0.717) is 19.5 Å². The van der Waals surface area contributed by atoms with Crippen molar-refractivity contribution in [1.82, 2.24) is 4.90 Å². The Bertz CT molecular complexity index is 361. The first-order valence-corrected chi connectivity index (χ1v) is 7.86. The van der Waals surface area contributed by atoms with Gasteiger partial charge in [-0.2, -0.15) is 0 Å². The maximum Gasteiger partial charge on any atom is 0.240 e. The van der Waals surface area contributed by atoms with E-state index in [1.807, 2.05) is 6.92 Å². The zero-order chi connectivity index (χ0) is 13.1. The fourth-order valence-corrected chi connectivity index (χ4v) is 3.49. The maximum absolute atomic E-state index is 12.0. The number of carbonyl (C=O) groups excluding carboxylic acids is 1. The van der Waals surface area contributed by atoms with Crippen LogP contribution < -0.4 is 5.73 Å². The molecule has 1 aliphatic rings. The highest BCUT2D eigenvalue weighted by Gasteiger charge is 2.33. The first-order chi connectivity index (χ1) is 7.88. The Kier molecular flexibility index (Phi) is 4.94. The molecule has 1 heterocycles. The fraction of sp³-hybridized carbons (Fsp3) is 0.909. The second kappa shape index (κ2) is 5.82. The van der Waals surface area contributed by atoms with Gasteiger partial charge in [0.05, 0.1) is 5.75 Å². The summed E-state index contributed by atoms with van der Waals surface area (Å²) in [5, 5.41) is -0.960. The van der Waals surface area contributed by atoms with Gasteiger partial charge in [0.25, 0.3) is 0 Å². The van der Waals surface area contributed by atoms with E-state index in [0.717, 1.165) is 12.8 Å². The van der Waals surface area contributed by atoms with E-state index < -0.39 is 15.1 Å². The van der Waals surface area contributed by atoms with Crippen LogP contribution in [0, 0.1) is 0 Å². The van der Waals surface area contributed by atoms with Gasteiger partial charge in [-0.1, -0.05) is 6.92 Å². The van der Waals surface area contributed by atoms with E-state index in [4.69, 9.17) is 5.73 Å². The fourth-order valence-electron chi connectivity index (χ4n) is 1.91. The zero-order valence-electron chi connectivity index (χ0n) is 10.6. The summed E-state index contributed by atoms with van der Waals surface area (Å²) in [6, 6.07) is -0.381. The van der Waals surface area contributed by atoms with Crippen molar-refractivity contribution in [2.24, 2.45) is 5.73 Å². The summed E-state index contributed by atoms with van der Waals surface area (Å²) >= 11 is 0. The molecule has 0 saturated carbocycles. The van der Waals surface area contributed by atoms with Crippen LogP contribution >= 0.6 is 0 Å². The molecule has 5 nitrogen and oxygen atoms in total. The minimum atomic E-state index is -3.42. The van der Waals surface area contributed by atoms with Gasteiger partial charge in [0.2, 0.25) is 5.91 Å². The molecule has 1 fully saturated rings. The molecule has 6 heteroatoms. The molecule has 0 aromatic rings. The largest absolute Gasteiger partial charge is 0.342 e. The summed E-state index contributed by atoms with van der Waals surface area (Å²) in [4.78, 5) is 13.6. The molecule has 100 valence electrons. The standard InChI is InChI=1S/C11H22N2O3S/c1-3-10(12)8-17(15,16)9(2)11(14)13-6-4-5-7-13/h9-10H,3-8,12H2,1-2H3. The van der Waals surface area contributed by atoms with Crippen molar-refractivity contribution >= 4 is 15.7 Å². The van der Waals surface area contributed by atoms with Crippen molar-refractivity contribution in [3.63, 3.8) is 0 Å². The van der Waals surface area contributed by atoms with Gasteiger partial charge in [-0.3, -0.25) is 4.79 Å². The number of likely N-dealkylation sites (tertiary alicyclic amines) is 1. The van der Waals surface area contributed by atoms with Crippen LogP contribution in [0.15, 0.2) is 0 Å². The Morgan fingerprint density at radius 1 is 1.35 bits per heavy atom. The normalized spacial score (nSPS) is 20.3. The lowest BCUT2D eigenvalue weighted by Crippen LogP contribution is -2.43. The van der Waals surface area contributed by atoms with Crippen molar-refractivity contribution in [2.45, 2.75) is 44.4 Å². The van der Waals surface area contributed by atoms with Crippen molar-refractivity contribution in [1.29, 1.82) is 0 Å². The molecule has 0 aromatic heterocycles. The molecule has 1 aliphatic heterocycles. The van der Waals surface area contributed by atoms with Gasteiger partial charge >= 0.3 is 0 Å². The van der Waals surface area contributed by atoms with Gasteiger partial charge in [-0.05, 0) is 26.2 Å². The molecular formula is C11H22N2O3S. The molecular weight excluding hydrogens is 240 g/mol.